The summed E-state index contributed by atoms with van der Waals surface area (Å²) >= 11 is 0. The van der Waals surface area contributed by atoms with E-state index in [4.69, 9.17) is 19.6 Å². The average molecular weight is 303 g/mol. The lowest BCUT2D eigenvalue weighted by Crippen LogP contribution is -2.41. The number of ether oxygens (including phenoxy) is 1. The van der Waals surface area contributed by atoms with Gasteiger partial charge in [0.1, 0.15) is 12.6 Å². The predicted molar refractivity (Wildman–Crippen MR) is 67.6 cm³/mol. The number of hydrogen-bond acceptors (Lipinski definition) is 4. The average Bonchev–Trinajstić information content (AvgIpc) is 2.36. The van der Waals surface area contributed by atoms with Crippen molar-refractivity contribution in [3.8, 4) is 0 Å². The quantitative estimate of drug-likeness (QED) is 0.698. The summed E-state index contributed by atoms with van der Waals surface area (Å²) in [7, 11) is -5.09. The molecule has 1 amide bonds. The molecule has 0 aliphatic carbocycles. The minimum atomic E-state index is -5.09. The molecule has 1 atom stereocenters. The maximum absolute atomic E-state index is 11.7. The normalized spacial score (nSPS) is 12.6. The highest BCUT2D eigenvalue weighted by Gasteiger charge is 2.39. The van der Waals surface area contributed by atoms with Gasteiger partial charge in [-0.15, -0.1) is 0 Å². The number of rotatable bonds is 5. The van der Waals surface area contributed by atoms with Crippen LogP contribution in [0.15, 0.2) is 30.3 Å². The van der Waals surface area contributed by atoms with Crippen LogP contribution in [0.2, 0.25) is 0 Å². The number of carboxylic acids is 1. The number of carboxylic acid groups (broad SMARTS) is 1. The molecule has 8 nitrogen and oxygen atoms in total. The highest BCUT2D eigenvalue weighted by Crippen LogP contribution is 2.42. The van der Waals surface area contributed by atoms with Crippen LogP contribution in [-0.2, 0) is 20.7 Å². The van der Waals surface area contributed by atoms with Gasteiger partial charge in [0.25, 0.3) is 0 Å². The fraction of sp³-hybridized carbons (Fsp3) is 0.273. The van der Waals surface area contributed by atoms with E-state index in [9.17, 15) is 14.2 Å². The summed E-state index contributed by atoms with van der Waals surface area (Å²) in [5, 5.41) is 8.76. The standard InChI is InChI=1S/C11H14NO7P/c1-8(10(13)14)12(20(16,17)18)11(15)19-7-9-5-3-2-4-6-9/h2-6,8H,7H2,1H3,(H,13,14)(H2,16,17,18)/t8-/m0/s1. The first-order valence-corrected chi connectivity index (χ1v) is 7.08. The number of nitrogens with zero attached hydrogens (tertiary/aromatic N) is 1. The molecule has 20 heavy (non-hydrogen) atoms. The molecule has 0 aliphatic rings. The number of aliphatic carboxylic acids is 1. The molecule has 0 unspecified atom stereocenters. The Morgan fingerprint density at radius 3 is 2.30 bits per heavy atom. The van der Waals surface area contributed by atoms with Crippen LogP contribution in [0.4, 0.5) is 4.79 Å². The van der Waals surface area contributed by atoms with Gasteiger partial charge in [-0.25, -0.2) is 18.8 Å². The summed E-state index contributed by atoms with van der Waals surface area (Å²) in [6.45, 7) is 0.758. The van der Waals surface area contributed by atoms with Gasteiger partial charge in [-0.3, -0.25) is 0 Å². The lowest BCUT2D eigenvalue weighted by molar-refractivity contribution is -0.141. The second-order valence-electron chi connectivity index (χ2n) is 3.91. The lowest BCUT2D eigenvalue weighted by Gasteiger charge is -2.25. The molecule has 0 saturated heterocycles. The van der Waals surface area contributed by atoms with E-state index in [0.717, 1.165) is 6.92 Å². The minimum Gasteiger partial charge on any atom is -0.480 e. The minimum absolute atomic E-state index is 0.0989. The molecule has 110 valence electrons. The zero-order valence-corrected chi connectivity index (χ0v) is 11.4. The molecule has 9 heteroatoms. The SMILES string of the molecule is C[C@@H](C(=O)O)N(C(=O)OCc1ccccc1)P(=O)(O)O. The maximum atomic E-state index is 11.7. The van der Waals surface area contributed by atoms with Crippen molar-refractivity contribution < 1.29 is 33.8 Å². The Bertz CT molecular complexity index is 527. The second-order valence-corrected chi connectivity index (χ2v) is 5.37. The molecule has 0 aliphatic heterocycles. The summed E-state index contributed by atoms with van der Waals surface area (Å²) in [6.07, 6.45) is -1.39. The molecule has 0 aromatic heterocycles. The van der Waals surface area contributed by atoms with Crippen molar-refractivity contribution in [2.24, 2.45) is 0 Å². The van der Waals surface area contributed by atoms with Crippen LogP contribution in [0.1, 0.15) is 12.5 Å². The van der Waals surface area contributed by atoms with Crippen molar-refractivity contribution in [2.45, 2.75) is 19.6 Å². The Hall–Kier alpha value is -1.89. The Kier molecular flexibility index (Phi) is 5.26. The van der Waals surface area contributed by atoms with E-state index < -0.39 is 25.9 Å². The Balaban J connectivity index is 2.80. The molecule has 0 radical (unpaired) electrons. The van der Waals surface area contributed by atoms with Gasteiger partial charge >= 0.3 is 19.8 Å². The van der Waals surface area contributed by atoms with Crippen LogP contribution in [-0.4, -0.2) is 37.7 Å². The van der Waals surface area contributed by atoms with Crippen molar-refractivity contribution in [1.29, 1.82) is 0 Å². The zero-order chi connectivity index (χ0) is 15.3. The Morgan fingerprint density at radius 1 is 1.30 bits per heavy atom. The van der Waals surface area contributed by atoms with Crippen LogP contribution in [0.25, 0.3) is 0 Å². The number of benzene rings is 1. The van der Waals surface area contributed by atoms with E-state index in [1.807, 2.05) is 0 Å². The van der Waals surface area contributed by atoms with Gasteiger partial charge in [0, 0.05) is 0 Å². The van der Waals surface area contributed by atoms with Crippen LogP contribution in [0.5, 0.6) is 0 Å². The van der Waals surface area contributed by atoms with Gasteiger partial charge in [-0.1, -0.05) is 30.3 Å². The fourth-order valence-electron chi connectivity index (χ4n) is 1.38. The van der Waals surface area contributed by atoms with Gasteiger partial charge < -0.3 is 19.6 Å². The number of carbonyl (C=O) groups is 2. The fourth-order valence-corrected chi connectivity index (χ4v) is 2.20. The van der Waals surface area contributed by atoms with E-state index >= 15 is 0 Å². The van der Waals surface area contributed by atoms with E-state index in [0.29, 0.717) is 5.56 Å². The van der Waals surface area contributed by atoms with Gasteiger partial charge in [0.2, 0.25) is 0 Å². The molecule has 0 saturated carbocycles. The summed E-state index contributed by atoms with van der Waals surface area (Å²) < 4.78 is 15.8. The van der Waals surface area contributed by atoms with Crippen molar-refractivity contribution >= 4 is 19.8 Å². The predicted octanol–water partition coefficient (Wildman–Crippen LogP) is 1.19. The first-order chi connectivity index (χ1) is 9.23. The summed E-state index contributed by atoms with van der Waals surface area (Å²) in [4.78, 5) is 40.5. The third kappa shape index (κ3) is 4.34. The summed E-state index contributed by atoms with van der Waals surface area (Å²) in [5.41, 5.74) is 0.606. The largest absolute Gasteiger partial charge is 0.480 e. The van der Waals surface area contributed by atoms with E-state index in [1.165, 1.54) is 0 Å². The van der Waals surface area contributed by atoms with E-state index in [-0.39, 0.29) is 11.3 Å². The topological polar surface area (TPSA) is 124 Å². The third-order valence-corrected chi connectivity index (χ3v) is 3.47. The Morgan fingerprint density at radius 2 is 1.85 bits per heavy atom. The molecule has 1 rings (SSSR count). The molecule has 1 aromatic carbocycles. The van der Waals surface area contributed by atoms with E-state index in [2.05, 4.69) is 0 Å². The first kappa shape index (κ1) is 16.2. The van der Waals surface area contributed by atoms with Crippen LogP contribution in [0.3, 0.4) is 0 Å². The van der Waals surface area contributed by atoms with Gasteiger partial charge in [-0.2, -0.15) is 0 Å². The highest BCUT2D eigenvalue weighted by atomic mass is 31.2. The van der Waals surface area contributed by atoms with Crippen molar-refractivity contribution in [2.75, 3.05) is 0 Å². The summed E-state index contributed by atoms with van der Waals surface area (Å²) in [5.74, 6) is -1.55. The maximum Gasteiger partial charge on any atom is 0.435 e. The molecule has 0 heterocycles. The van der Waals surface area contributed by atoms with Gasteiger partial charge in [-0.05, 0) is 12.5 Å². The zero-order valence-electron chi connectivity index (χ0n) is 10.5. The van der Waals surface area contributed by atoms with Crippen LogP contribution >= 0.6 is 7.75 Å². The molecular weight excluding hydrogens is 289 g/mol. The molecule has 1 aromatic rings. The molecular formula is C11H14NO7P. The number of carbonyl (C=O) groups excluding carboxylic acids is 1. The smallest absolute Gasteiger partial charge is 0.435 e. The molecule has 3 N–H and O–H groups in total. The highest BCUT2D eigenvalue weighted by molar-refractivity contribution is 7.50. The van der Waals surface area contributed by atoms with E-state index in [1.54, 1.807) is 30.3 Å². The third-order valence-electron chi connectivity index (χ3n) is 2.40. The monoisotopic (exact) mass is 303 g/mol. The lowest BCUT2D eigenvalue weighted by atomic mass is 10.2. The first-order valence-electron chi connectivity index (χ1n) is 5.52. The molecule has 0 spiro atoms. The van der Waals surface area contributed by atoms with Gasteiger partial charge in [0.05, 0.1) is 0 Å². The Labute approximate surface area is 114 Å². The summed E-state index contributed by atoms with van der Waals surface area (Å²) in [6, 6.07) is 6.73. The number of amides is 1. The van der Waals surface area contributed by atoms with Gasteiger partial charge in [0.15, 0.2) is 0 Å². The van der Waals surface area contributed by atoms with Crippen molar-refractivity contribution in [3.05, 3.63) is 35.9 Å². The van der Waals surface area contributed by atoms with Crippen LogP contribution < -0.4 is 0 Å². The second kappa shape index (κ2) is 6.51. The number of hydrogen-bond donors (Lipinski definition) is 3. The molecule has 0 fully saturated rings. The van der Waals surface area contributed by atoms with Crippen molar-refractivity contribution in [1.82, 2.24) is 4.67 Å². The van der Waals surface area contributed by atoms with Crippen LogP contribution in [0, 0.1) is 0 Å². The van der Waals surface area contributed by atoms with Crippen molar-refractivity contribution in [3.63, 3.8) is 0 Å². The molecule has 0 bridgehead atoms.